The highest BCUT2D eigenvalue weighted by Gasteiger charge is 2.55. The van der Waals surface area contributed by atoms with Crippen molar-refractivity contribution >= 4 is 10.9 Å². The highest BCUT2D eigenvalue weighted by atomic mass is 16.8. The van der Waals surface area contributed by atoms with Crippen molar-refractivity contribution in [3.05, 3.63) is 36.5 Å². The van der Waals surface area contributed by atoms with Gasteiger partial charge in [0, 0.05) is 18.7 Å². The third-order valence-corrected chi connectivity index (χ3v) is 4.34. The second-order valence-electron chi connectivity index (χ2n) is 6.49. The Kier molecular flexibility index (Phi) is 3.92. The topological polar surface area (TPSA) is 59.0 Å². The molecule has 128 valence electrons. The van der Waals surface area contributed by atoms with Crippen LogP contribution in [0.2, 0.25) is 0 Å². The molecule has 2 aliphatic heterocycles. The summed E-state index contributed by atoms with van der Waals surface area (Å²) >= 11 is 0. The van der Waals surface area contributed by atoms with E-state index in [1.54, 1.807) is 13.3 Å². The van der Waals surface area contributed by atoms with Gasteiger partial charge in [0.2, 0.25) is 0 Å². The fraction of sp³-hybridized carbons (Fsp3) is 0.500. The van der Waals surface area contributed by atoms with Gasteiger partial charge in [0.25, 0.3) is 0 Å². The van der Waals surface area contributed by atoms with Crippen LogP contribution in [0, 0.1) is 0 Å². The van der Waals surface area contributed by atoms with Crippen LogP contribution in [0.4, 0.5) is 0 Å². The summed E-state index contributed by atoms with van der Waals surface area (Å²) in [5.74, 6) is 0.0853. The van der Waals surface area contributed by atoms with Crippen LogP contribution in [0.3, 0.4) is 0 Å². The molecular formula is C18H21NO5. The van der Waals surface area contributed by atoms with Crippen molar-refractivity contribution < 1.29 is 23.7 Å². The summed E-state index contributed by atoms with van der Waals surface area (Å²) in [5.41, 5.74) is 0.835. The molecule has 0 radical (unpaired) electrons. The summed E-state index contributed by atoms with van der Waals surface area (Å²) in [6.07, 6.45) is 0.586. The Labute approximate surface area is 140 Å². The first-order chi connectivity index (χ1) is 11.6. The summed E-state index contributed by atoms with van der Waals surface area (Å²) in [5, 5.41) is 1.04. The molecule has 0 N–H and O–H groups in total. The predicted molar refractivity (Wildman–Crippen MR) is 86.7 cm³/mol. The zero-order valence-electron chi connectivity index (χ0n) is 14.0. The lowest BCUT2D eigenvalue weighted by atomic mass is 10.1. The van der Waals surface area contributed by atoms with Crippen molar-refractivity contribution in [3.63, 3.8) is 0 Å². The van der Waals surface area contributed by atoms with Crippen molar-refractivity contribution in [2.24, 2.45) is 0 Å². The Morgan fingerprint density at radius 1 is 1.12 bits per heavy atom. The zero-order valence-corrected chi connectivity index (χ0v) is 14.0. The van der Waals surface area contributed by atoms with Crippen molar-refractivity contribution in [2.45, 2.75) is 44.2 Å². The normalized spacial score (nSPS) is 31.3. The van der Waals surface area contributed by atoms with Crippen LogP contribution >= 0.6 is 0 Å². The third-order valence-electron chi connectivity index (χ3n) is 4.34. The number of rotatable bonds is 4. The Hall–Kier alpha value is -1.73. The van der Waals surface area contributed by atoms with Gasteiger partial charge in [0.15, 0.2) is 12.1 Å². The first-order valence-electron chi connectivity index (χ1n) is 8.08. The number of para-hydroxylation sites is 1. The molecule has 4 atom stereocenters. The van der Waals surface area contributed by atoms with Gasteiger partial charge in [-0.3, -0.25) is 4.98 Å². The van der Waals surface area contributed by atoms with E-state index in [-0.39, 0.29) is 18.3 Å². The van der Waals surface area contributed by atoms with E-state index in [2.05, 4.69) is 4.98 Å². The number of hydrogen-bond donors (Lipinski definition) is 0. The maximum Gasteiger partial charge on any atom is 0.186 e. The van der Waals surface area contributed by atoms with Crippen LogP contribution in [0.1, 0.15) is 13.8 Å². The molecular weight excluding hydrogens is 310 g/mol. The molecule has 0 aliphatic carbocycles. The second-order valence-corrected chi connectivity index (χ2v) is 6.49. The van der Waals surface area contributed by atoms with E-state index < -0.39 is 12.1 Å². The molecule has 2 aliphatic rings. The number of nitrogens with zero attached hydrogens (tertiary/aromatic N) is 1. The lowest BCUT2D eigenvalue weighted by Crippen LogP contribution is -2.34. The first kappa shape index (κ1) is 15.8. The Morgan fingerprint density at radius 3 is 2.75 bits per heavy atom. The number of benzene rings is 1. The molecule has 0 spiro atoms. The fourth-order valence-corrected chi connectivity index (χ4v) is 3.33. The van der Waals surface area contributed by atoms with Crippen LogP contribution in [0.15, 0.2) is 36.5 Å². The molecule has 2 fully saturated rings. The SMILES string of the molecule is CO[C@@H]1O[C@H](COc2cccc3cccnc23)[C@H]2OC(C)(C)O[C@@H]12. The quantitative estimate of drug-likeness (QED) is 0.858. The van der Waals surface area contributed by atoms with E-state index in [4.69, 9.17) is 23.7 Å². The molecule has 2 aromatic rings. The van der Waals surface area contributed by atoms with E-state index in [0.29, 0.717) is 6.61 Å². The molecule has 0 bridgehead atoms. The minimum absolute atomic E-state index is 0.215. The van der Waals surface area contributed by atoms with Crippen molar-refractivity contribution in [1.82, 2.24) is 4.98 Å². The second kappa shape index (κ2) is 5.97. The van der Waals surface area contributed by atoms with Crippen LogP contribution in [0.25, 0.3) is 10.9 Å². The first-order valence-corrected chi connectivity index (χ1v) is 8.08. The van der Waals surface area contributed by atoms with Gasteiger partial charge in [0.1, 0.15) is 36.2 Å². The minimum Gasteiger partial charge on any atom is -0.488 e. The molecule has 3 heterocycles. The molecule has 2 saturated heterocycles. The van der Waals surface area contributed by atoms with Crippen LogP contribution in [-0.2, 0) is 18.9 Å². The van der Waals surface area contributed by atoms with E-state index >= 15 is 0 Å². The third kappa shape index (κ3) is 2.75. The van der Waals surface area contributed by atoms with Crippen molar-refractivity contribution in [2.75, 3.05) is 13.7 Å². The Balaban J connectivity index is 1.51. The number of aromatic nitrogens is 1. The molecule has 0 amide bonds. The largest absolute Gasteiger partial charge is 0.488 e. The molecule has 1 aromatic carbocycles. The van der Waals surface area contributed by atoms with E-state index in [1.807, 2.05) is 44.2 Å². The lowest BCUT2D eigenvalue weighted by molar-refractivity contribution is -0.229. The number of ether oxygens (including phenoxy) is 5. The summed E-state index contributed by atoms with van der Waals surface area (Å²) in [7, 11) is 1.61. The van der Waals surface area contributed by atoms with Crippen LogP contribution in [-0.4, -0.2) is 49.1 Å². The Bertz CT molecular complexity index is 729. The van der Waals surface area contributed by atoms with E-state index in [9.17, 15) is 0 Å². The van der Waals surface area contributed by atoms with E-state index in [0.717, 1.165) is 16.7 Å². The molecule has 6 nitrogen and oxygen atoms in total. The summed E-state index contributed by atoms with van der Waals surface area (Å²) in [6.45, 7) is 4.13. The van der Waals surface area contributed by atoms with Crippen LogP contribution in [0.5, 0.6) is 5.75 Å². The van der Waals surface area contributed by atoms with Crippen LogP contribution < -0.4 is 4.74 Å². The maximum absolute atomic E-state index is 5.99. The molecule has 6 heteroatoms. The van der Waals surface area contributed by atoms with Gasteiger partial charge in [-0.05, 0) is 26.0 Å². The van der Waals surface area contributed by atoms with Gasteiger partial charge in [0.05, 0.1) is 0 Å². The predicted octanol–water partition coefficient (Wildman–Crippen LogP) is 2.51. The summed E-state index contributed by atoms with van der Waals surface area (Å²) in [4.78, 5) is 4.40. The Morgan fingerprint density at radius 2 is 1.92 bits per heavy atom. The lowest BCUT2D eigenvalue weighted by Gasteiger charge is -2.23. The monoisotopic (exact) mass is 331 g/mol. The number of methoxy groups -OCH3 is 1. The van der Waals surface area contributed by atoms with Gasteiger partial charge < -0.3 is 23.7 Å². The molecule has 4 rings (SSSR count). The van der Waals surface area contributed by atoms with Crippen molar-refractivity contribution in [1.29, 1.82) is 0 Å². The number of fused-ring (bicyclic) bond motifs is 2. The smallest absolute Gasteiger partial charge is 0.186 e. The molecule has 1 aromatic heterocycles. The number of pyridine rings is 1. The van der Waals surface area contributed by atoms with Gasteiger partial charge >= 0.3 is 0 Å². The van der Waals surface area contributed by atoms with Gasteiger partial charge in [-0.2, -0.15) is 0 Å². The number of hydrogen-bond acceptors (Lipinski definition) is 6. The molecule has 0 saturated carbocycles. The summed E-state index contributed by atoms with van der Waals surface area (Å²) in [6, 6.07) is 9.79. The maximum atomic E-state index is 5.99. The average Bonchev–Trinajstić information content (AvgIpc) is 3.06. The van der Waals surface area contributed by atoms with Gasteiger partial charge in [-0.15, -0.1) is 0 Å². The standard InChI is InChI=1S/C18H21NO5/c1-18(2)23-15-13(22-17(20-3)16(15)24-18)10-21-12-8-4-6-11-7-5-9-19-14(11)12/h4-9,13,15-17H,10H2,1-3H3/t13-,15-,16-,17-/m1/s1. The zero-order chi connectivity index (χ0) is 16.7. The average molecular weight is 331 g/mol. The van der Waals surface area contributed by atoms with Crippen molar-refractivity contribution in [3.8, 4) is 5.75 Å². The molecule has 24 heavy (non-hydrogen) atoms. The van der Waals surface area contributed by atoms with Gasteiger partial charge in [-0.25, -0.2) is 0 Å². The fourth-order valence-electron chi connectivity index (χ4n) is 3.33. The van der Waals surface area contributed by atoms with E-state index in [1.165, 1.54) is 0 Å². The molecule has 0 unspecified atom stereocenters. The highest BCUT2D eigenvalue weighted by molar-refractivity contribution is 5.84. The summed E-state index contributed by atoms with van der Waals surface area (Å²) < 4.78 is 29.1. The van der Waals surface area contributed by atoms with Gasteiger partial charge in [-0.1, -0.05) is 18.2 Å². The highest BCUT2D eigenvalue weighted by Crippen LogP contribution is 2.39. The minimum atomic E-state index is -0.644.